The van der Waals surface area contributed by atoms with Crippen LogP contribution in [0.15, 0.2) is 18.2 Å². The monoisotopic (exact) mass is 270 g/mol. The summed E-state index contributed by atoms with van der Waals surface area (Å²) in [6.07, 6.45) is 0. The van der Waals surface area contributed by atoms with Crippen LogP contribution >= 0.6 is 27.7 Å². The molecule has 1 aromatic carbocycles. The van der Waals surface area contributed by atoms with Gasteiger partial charge in [0.2, 0.25) is 0 Å². The molecule has 0 spiro atoms. The van der Waals surface area contributed by atoms with Crippen molar-refractivity contribution in [3.8, 4) is 0 Å². The Kier molecular flexibility index (Phi) is 3.82. The van der Waals surface area contributed by atoms with Gasteiger partial charge in [0.25, 0.3) is 5.66 Å². The van der Waals surface area contributed by atoms with Crippen molar-refractivity contribution in [3.63, 3.8) is 0 Å². The molecule has 0 nitrogen and oxygen atoms in total. The summed E-state index contributed by atoms with van der Waals surface area (Å²) < 4.78 is 39.6. The predicted molar refractivity (Wildman–Crippen MR) is 67.0 cm³/mol. The second-order valence-corrected chi connectivity index (χ2v) is 6.55. The fraction of sp³-hybridized carbons (Fsp3) is 0.333. The number of alkyl halides is 3. The molecule has 0 saturated heterocycles. The second kappa shape index (κ2) is 4.28. The highest BCUT2D eigenvalue weighted by Crippen LogP contribution is 2.43. The molecule has 0 aliphatic carbocycles. The summed E-state index contributed by atoms with van der Waals surface area (Å²) in [6, 6.07) is 4.05. The van der Waals surface area contributed by atoms with Crippen LogP contribution in [0.3, 0.4) is 0 Å². The maximum atomic E-state index is 13.5. The minimum absolute atomic E-state index is 0.200. The minimum Gasteiger partial charge on any atom is -0.230 e. The van der Waals surface area contributed by atoms with Gasteiger partial charge in [0.05, 0.1) is 0 Å². The molecule has 3 unspecified atom stereocenters. The summed E-state index contributed by atoms with van der Waals surface area (Å²) >= 11 is 0. The average molecular weight is 270 g/mol. The number of hydrogen-bond acceptors (Lipinski definition) is 0. The van der Waals surface area contributed by atoms with Gasteiger partial charge in [-0.25, -0.2) is 4.39 Å². The van der Waals surface area contributed by atoms with Gasteiger partial charge in [0.15, 0.2) is 5.15 Å². The molecule has 0 saturated carbocycles. The van der Waals surface area contributed by atoms with Crippen LogP contribution in [0.5, 0.6) is 0 Å². The first-order valence-electron chi connectivity index (χ1n) is 4.17. The van der Waals surface area contributed by atoms with Crippen molar-refractivity contribution < 1.29 is 13.2 Å². The minimum atomic E-state index is -3.03. The van der Waals surface area contributed by atoms with E-state index in [9.17, 15) is 13.2 Å². The Labute approximate surface area is 94.0 Å². The zero-order valence-corrected chi connectivity index (χ0v) is 11.6. The molecule has 0 amide bonds. The zero-order chi connectivity index (χ0) is 11.9. The van der Waals surface area contributed by atoms with Gasteiger partial charge in [-0.3, -0.25) is 0 Å². The molecule has 0 aromatic heterocycles. The molecule has 1 aromatic rings. The molecule has 0 bridgehead atoms. The van der Waals surface area contributed by atoms with Gasteiger partial charge in [-0.15, -0.1) is 0 Å². The largest absolute Gasteiger partial charge is 0.283 e. The number of rotatable bonds is 2. The van der Waals surface area contributed by atoms with E-state index < -0.39 is 10.8 Å². The van der Waals surface area contributed by atoms with Crippen LogP contribution < -0.4 is 0 Å². The van der Waals surface area contributed by atoms with E-state index in [1.165, 1.54) is 21.4 Å². The number of halogens is 3. The standard InChI is InChI=1S/C9H12F3P3/c1-5-2-6(8(10,11)13)4-7(3-5)9(12,14)15/h2-4H,13-15H2,1H3. The fourth-order valence-corrected chi connectivity index (χ4v) is 1.70. The van der Waals surface area contributed by atoms with Crippen molar-refractivity contribution in [2.45, 2.75) is 17.7 Å². The van der Waals surface area contributed by atoms with E-state index in [0.29, 0.717) is 5.56 Å². The third kappa shape index (κ3) is 3.66. The maximum absolute atomic E-state index is 13.5. The van der Waals surface area contributed by atoms with E-state index >= 15 is 0 Å². The Morgan fingerprint density at radius 2 is 1.40 bits per heavy atom. The maximum Gasteiger partial charge on any atom is 0.283 e. The third-order valence-electron chi connectivity index (χ3n) is 1.90. The number of benzene rings is 1. The van der Waals surface area contributed by atoms with E-state index in [0.717, 1.165) is 0 Å². The summed E-state index contributed by atoms with van der Waals surface area (Å²) in [4.78, 5) is 0. The summed E-state index contributed by atoms with van der Waals surface area (Å²) in [5, 5.41) is -1.77. The summed E-state index contributed by atoms with van der Waals surface area (Å²) in [5.74, 6) is 0. The fourth-order valence-electron chi connectivity index (χ4n) is 1.20. The van der Waals surface area contributed by atoms with Gasteiger partial charge in [0, 0.05) is 5.56 Å². The first-order valence-corrected chi connectivity index (χ1v) is 5.90. The first-order chi connectivity index (χ1) is 6.60. The lowest BCUT2D eigenvalue weighted by molar-refractivity contribution is 0.104. The molecule has 0 aliphatic rings. The molecule has 3 atom stereocenters. The molecule has 0 radical (unpaired) electrons. The molecule has 6 heteroatoms. The molecule has 15 heavy (non-hydrogen) atoms. The van der Waals surface area contributed by atoms with Gasteiger partial charge in [-0.05, 0) is 24.6 Å². The van der Waals surface area contributed by atoms with Gasteiger partial charge in [0.1, 0.15) is 0 Å². The zero-order valence-electron chi connectivity index (χ0n) is 8.10. The van der Waals surface area contributed by atoms with Crippen molar-refractivity contribution in [2.75, 3.05) is 0 Å². The van der Waals surface area contributed by atoms with Crippen LogP contribution in [0.25, 0.3) is 0 Å². The van der Waals surface area contributed by atoms with E-state index in [-0.39, 0.29) is 11.1 Å². The van der Waals surface area contributed by atoms with Gasteiger partial charge in [-0.1, -0.05) is 39.3 Å². The molecular weight excluding hydrogens is 258 g/mol. The van der Waals surface area contributed by atoms with Crippen LogP contribution in [0.2, 0.25) is 0 Å². The number of hydrogen-bond donors (Lipinski definition) is 0. The summed E-state index contributed by atoms with van der Waals surface area (Å²) in [7, 11) is 5.37. The lowest BCUT2D eigenvalue weighted by Crippen LogP contribution is -2.07. The smallest absolute Gasteiger partial charge is 0.230 e. The van der Waals surface area contributed by atoms with E-state index in [1.54, 1.807) is 13.0 Å². The van der Waals surface area contributed by atoms with E-state index in [4.69, 9.17) is 0 Å². The lowest BCUT2D eigenvalue weighted by Gasteiger charge is -2.18. The highest BCUT2D eigenvalue weighted by Gasteiger charge is 2.28. The van der Waals surface area contributed by atoms with Crippen LogP contribution in [-0.2, 0) is 10.8 Å². The Morgan fingerprint density at radius 3 is 1.80 bits per heavy atom. The van der Waals surface area contributed by atoms with Gasteiger partial charge >= 0.3 is 0 Å². The van der Waals surface area contributed by atoms with Crippen LogP contribution in [0, 0.1) is 6.92 Å². The quantitative estimate of drug-likeness (QED) is 0.718. The number of aryl methyl sites for hydroxylation is 1. The molecule has 0 N–H and O–H groups in total. The molecule has 1 rings (SSSR count). The van der Waals surface area contributed by atoms with Crippen molar-refractivity contribution >= 4 is 27.7 Å². The second-order valence-electron chi connectivity index (χ2n) is 3.48. The van der Waals surface area contributed by atoms with Crippen molar-refractivity contribution in [1.29, 1.82) is 0 Å². The predicted octanol–water partition coefficient (Wildman–Crippen LogP) is 3.75. The highest BCUT2D eigenvalue weighted by atomic mass is 31.1. The van der Waals surface area contributed by atoms with Crippen LogP contribution in [0.4, 0.5) is 13.2 Å². The highest BCUT2D eigenvalue weighted by molar-refractivity contribution is 7.38. The van der Waals surface area contributed by atoms with Crippen molar-refractivity contribution in [3.05, 3.63) is 34.9 Å². The van der Waals surface area contributed by atoms with Gasteiger partial charge < -0.3 is 0 Å². The summed E-state index contributed by atoms with van der Waals surface area (Å²) in [6.45, 7) is 1.66. The van der Waals surface area contributed by atoms with E-state index in [1.807, 2.05) is 18.5 Å². The van der Waals surface area contributed by atoms with Crippen LogP contribution in [-0.4, -0.2) is 0 Å². The molecule has 0 heterocycles. The molecular formula is C9H12F3P3. The van der Waals surface area contributed by atoms with Crippen LogP contribution in [0.1, 0.15) is 16.7 Å². The topological polar surface area (TPSA) is 0 Å². The summed E-state index contributed by atoms with van der Waals surface area (Å²) in [5.41, 5.74) is -2.41. The lowest BCUT2D eigenvalue weighted by atomic mass is 10.1. The molecule has 84 valence electrons. The van der Waals surface area contributed by atoms with Crippen molar-refractivity contribution in [1.82, 2.24) is 0 Å². The van der Waals surface area contributed by atoms with Crippen molar-refractivity contribution in [2.24, 2.45) is 0 Å². The first kappa shape index (κ1) is 13.4. The Balaban J connectivity index is 3.30. The Hall–Kier alpha value is 0.300. The Morgan fingerprint density at radius 1 is 0.933 bits per heavy atom. The van der Waals surface area contributed by atoms with Gasteiger partial charge in [-0.2, -0.15) is 8.78 Å². The third-order valence-corrected chi connectivity index (χ3v) is 2.90. The average Bonchev–Trinajstić information content (AvgIpc) is 1.99. The van der Waals surface area contributed by atoms with E-state index in [2.05, 4.69) is 0 Å². The molecule has 0 fully saturated rings. The SMILES string of the molecule is Cc1cc(C(F)(F)P)cc(C(F)(P)P)c1. The molecule has 0 aliphatic heterocycles. The Bertz CT molecular complexity index is 334. The normalized spacial score (nSPS) is 13.0.